The largest absolute Gasteiger partial charge is 0.307 e. The maximum Gasteiger partial charge on any atom is 0.0810 e. The van der Waals surface area contributed by atoms with E-state index in [9.17, 15) is 0 Å². The number of para-hydroxylation sites is 1. The van der Waals surface area contributed by atoms with Gasteiger partial charge in [0.05, 0.1) is 27.6 Å². The van der Waals surface area contributed by atoms with Crippen LogP contribution in [0.25, 0.3) is 96.5 Å². The molecule has 0 spiro atoms. The van der Waals surface area contributed by atoms with Gasteiger partial charge in [0.1, 0.15) is 0 Å². The summed E-state index contributed by atoms with van der Waals surface area (Å²) in [5, 5.41) is 13.0. The van der Waals surface area contributed by atoms with Crippen LogP contribution in [0.15, 0.2) is 133 Å². The van der Waals surface area contributed by atoms with Crippen LogP contribution in [0.3, 0.4) is 0 Å². The Kier molecular flexibility index (Phi) is 3.99. The lowest BCUT2D eigenvalue weighted by Gasteiger charge is -2.10. The molecule has 3 heteroatoms. The predicted octanol–water partition coefficient (Wildman–Crippen LogP) is 11.5. The molecular weight excluding hydrogens is 541 g/mol. The van der Waals surface area contributed by atoms with Crippen molar-refractivity contribution in [3.63, 3.8) is 0 Å². The second kappa shape index (κ2) is 7.71. The Bertz CT molecular complexity index is 2950. The number of nitrogens with zero attached hydrogens (tertiary/aromatic N) is 2. The smallest absolute Gasteiger partial charge is 0.0810 e. The zero-order valence-electron chi connectivity index (χ0n) is 23.0. The molecule has 0 amide bonds. The minimum absolute atomic E-state index is 1.20. The minimum atomic E-state index is 1.20. The van der Waals surface area contributed by atoms with E-state index in [0.717, 1.165) is 0 Å². The molecule has 0 fully saturated rings. The van der Waals surface area contributed by atoms with E-state index in [2.05, 4.69) is 142 Å². The average Bonchev–Trinajstić information content (AvgIpc) is 3.68. The van der Waals surface area contributed by atoms with Crippen molar-refractivity contribution in [3.8, 4) is 5.69 Å². The molecule has 7 aromatic carbocycles. The third kappa shape index (κ3) is 2.69. The van der Waals surface area contributed by atoms with Crippen LogP contribution in [-0.2, 0) is 0 Å². The molecule has 0 aliphatic rings. The Hall–Kier alpha value is -5.38. The summed E-state index contributed by atoms with van der Waals surface area (Å²) in [6, 6.07) is 49.7. The highest BCUT2D eigenvalue weighted by atomic mass is 32.1. The molecule has 43 heavy (non-hydrogen) atoms. The number of thiophene rings is 1. The number of aromatic nitrogens is 2. The first-order valence-electron chi connectivity index (χ1n) is 14.8. The van der Waals surface area contributed by atoms with Crippen molar-refractivity contribution in [1.82, 2.24) is 8.97 Å². The Balaban J connectivity index is 1.45. The van der Waals surface area contributed by atoms with Crippen molar-refractivity contribution < 1.29 is 0 Å². The van der Waals surface area contributed by atoms with Crippen molar-refractivity contribution in [2.24, 2.45) is 0 Å². The van der Waals surface area contributed by atoms with Gasteiger partial charge in [0.15, 0.2) is 0 Å². The summed E-state index contributed by atoms with van der Waals surface area (Å²) in [5.41, 5.74) is 7.50. The molecule has 4 aromatic heterocycles. The van der Waals surface area contributed by atoms with Crippen LogP contribution >= 0.6 is 11.3 Å². The molecule has 0 unspecified atom stereocenters. The molecule has 4 heterocycles. The number of fused-ring (bicyclic) bond motifs is 10. The van der Waals surface area contributed by atoms with Crippen LogP contribution in [0, 0.1) is 0 Å². The van der Waals surface area contributed by atoms with E-state index >= 15 is 0 Å². The van der Waals surface area contributed by atoms with Gasteiger partial charge in [-0.05, 0) is 70.1 Å². The topological polar surface area (TPSA) is 9.34 Å². The normalized spacial score (nSPS) is 12.7. The van der Waals surface area contributed by atoms with Crippen LogP contribution in [0.4, 0.5) is 0 Å². The second-order valence-corrected chi connectivity index (χ2v) is 12.8. The van der Waals surface area contributed by atoms with E-state index in [1.54, 1.807) is 0 Å². The van der Waals surface area contributed by atoms with Gasteiger partial charge in [0.2, 0.25) is 0 Å². The van der Waals surface area contributed by atoms with Gasteiger partial charge in [-0.25, -0.2) is 0 Å². The quantitative estimate of drug-likeness (QED) is 0.188. The first-order valence-corrected chi connectivity index (χ1v) is 15.6. The molecule has 0 aliphatic heterocycles. The lowest BCUT2D eigenvalue weighted by atomic mass is 9.99. The molecule has 0 atom stereocenters. The summed E-state index contributed by atoms with van der Waals surface area (Å²) in [4.78, 5) is 0. The van der Waals surface area contributed by atoms with E-state index < -0.39 is 0 Å². The Morgan fingerprint density at radius 2 is 1.14 bits per heavy atom. The fourth-order valence-electron chi connectivity index (χ4n) is 7.82. The van der Waals surface area contributed by atoms with Crippen LogP contribution in [0.1, 0.15) is 0 Å². The van der Waals surface area contributed by atoms with Gasteiger partial charge in [-0.3, -0.25) is 0 Å². The van der Waals surface area contributed by atoms with E-state index in [0.29, 0.717) is 0 Å². The molecule has 0 N–H and O–H groups in total. The van der Waals surface area contributed by atoms with Gasteiger partial charge in [-0.1, -0.05) is 84.9 Å². The molecule has 0 saturated carbocycles. The van der Waals surface area contributed by atoms with Crippen LogP contribution in [0.5, 0.6) is 0 Å². The Morgan fingerprint density at radius 3 is 2.07 bits per heavy atom. The molecule has 11 aromatic rings. The number of hydrogen-bond acceptors (Lipinski definition) is 1. The highest BCUT2D eigenvalue weighted by molar-refractivity contribution is 7.25. The van der Waals surface area contributed by atoms with E-state index in [-0.39, 0.29) is 0 Å². The third-order valence-corrected chi connectivity index (χ3v) is 10.7. The number of benzene rings is 7. The maximum absolute atomic E-state index is 2.54. The summed E-state index contributed by atoms with van der Waals surface area (Å²) in [7, 11) is 0. The van der Waals surface area contributed by atoms with Crippen molar-refractivity contribution in [2.75, 3.05) is 0 Å². The molecule has 198 valence electrons. The Labute approximate surface area is 249 Å². The number of hydrogen-bond donors (Lipinski definition) is 0. The van der Waals surface area contributed by atoms with E-state index in [1.165, 1.54) is 96.5 Å². The van der Waals surface area contributed by atoms with Gasteiger partial charge in [0.25, 0.3) is 0 Å². The molecule has 0 bridgehead atoms. The lowest BCUT2D eigenvalue weighted by molar-refractivity contribution is 1.19. The van der Waals surface area contributed by atoms with Crippen molar-refractivity contribution in [1.29, 1.82) is 0 Å². The maximum atomic E-state index is 2.54. The molecule has 0 saturated heterocycles. The third-order valence-electron chi connectivity index (χ3n) is 9.59. The Morgan fingerprint density at radius 1 is 0.395 bits per heavy atom. The van der Waals surface area contributed by atoms with E-state index in [1.807, 2.05) is 11.3 Å². The van der Waals surface area contributed by atoms with Crippen LogP contribution < -0.4 is 0 Å². The fraction of sp³-hybridized carbons (Fsp3) is 0. The molecule has 0 aliphatic carbocycles. The summed E-state index contributed by atoms with van der Waals surface area (Å²) in [6.07, 6.45) is 0. The lowest BCUT2D eigenvalue weighted by Crippen LogP contribution is -1.93. The highest BCUT2D eigenvalue weighted by Gasteiger charge is 2.24. The van der Waals surface area contributed by atoms with E-state index in [4.69, 9.17) is 0 Å². The summed E-state index contributed by atoms with van der Waals surface area (Å²) < 4.78 is 7.73. The first-order chi connectivity index (χ1) is 21.3. The predicted molar refractivity (Wildman–Crippen MR) is 186 cm³/mol. The monoisotopic (exact) mass is 562 g/mol. The van der Waals surface area contributed by atoms with Gasteiger partial charge in [0, 0.05) is 47.4 Å². The van der Waals surface area contributed by atoms with Crippen molar-refractivity contribution >= 4 is 102 Å². The second-order valence-electron chi connectivity index (χ2n) is 11.7. The fourth-order valence-corrected chi connectivity index (χ4v) is 8.91. The first kappa shape index (κ1) is 22.2. The SMILES string of the molecule is c1ccc2cc3c(cc2c1)c1cccc2ccc4c(c21)c1c(c2ccccc2n31)n4-c1ccc2sc3ccccc3c2c1. The minimum Gasteiger partial charge on any atom is -0.307 e. The van der Waals surface area contributed by atoms with Crippen LogP contribution in [-0.4, -0.2) is 8.97 Å². The number of rotatable bonds is 1. The molecular formula is C40H22N2S. The van der Waals surface area contributed by atoms with Gasteiger partial charge in [-0.15, -0.1) is 11.3 Å². The molecule has 2 nitrogen and oxygen atoms in total. The highest BCUT2D eigenvalue weighted by Crippen LogP contribution is 2.46. The van der Waals surface area contributed by atoms with Gasteiger partial charge < -0.3 is 8.97 Å². The molecule has 0 radical (unpaired) electrons. The van der Waals surface area contributed by atoms with Crippen molar-refractivity contribution in [3.05, 3.63) is 133 Å². The summed E-state index contributed by atoms with van der Waals surface area (Å²) >= 11 is 1.87. The average molecular weight is 563 g/mol. The molecule has 11 rings (SSSR count). The van der Waals surface area contributed by atoms with Gasteiger partial charge >= 0.3 is 0 Å². The summed E-state index contributed by atoms with van der Waals surface area (Å²) in [5.74, 6) is 0. The van der Waals surface area contributed by atoms with Gasteiger partial charge in [-0.2, -0.15) is 0 Å². The summed E-state index contributed by atoms with van der Waals surface area (Å²) in [6.45, 7) is 0. The zero-order valence-corrected chi connectivity index (χ0v) is 23.8. The zero-order chi connectivity index (χ0) is 27.8. The van der Waals surface area contributed by atoms with Crippen molar-refractivity contribution in [2.45, 2.75) is 0 Å². The standard InChI is InChI=1S/C40H22N2S/c1-2-9-25-21-34-30(20-24(25)8-1)28-13-7-10-23-16-18-33-38(37(23)28)40-39(29-12-3-5-14-32(29)42(34)40)41(33)26-17-19-36-31(22-26)27-11-4-6-15-35(27)43-36/h1-22H. The van der Waals surface area contributed by atoms with Crippen LogP contribution in [0.2, 0.25) is 0 Å².